The second kappa shape index (κ2) is 10.2. The van der Waals surface area contributed by atoms with E-state index < -0.39 is 7.60 Å². The number of nitrogens with zero attached hydrogens (tertiary/aromatic N) is 1. The standard InChI is InChI=1S/C17H24NO4P/c1-5-13-20-16-12-10-9-11-15(16)14-18-17(6-2)23(19,21-7-3)22-8-4/h5-6,9-12,14H,1,7-8,13H2,2-4H3/b17-6+,18-14+. The molecule has 0 saturated carbocycles. The number of hydrogen-bond donors (Lipinski definition) is 0. The minimum Gasteiger partial charge on any atom is -0.489 e. The first-order valence-electron chi connectivity index (χ1n) is 7.54. The van der Waals surface area contributed by atoms with E-state index in [0.717, 1.165) is 5.56 Å². The molecule has 0 spiro atoms. The number of para-hydroxylation sites is 1. The third-order valence-electron chi connectivity index (χ3n) is 2.75. The molecule has 126 valence electrons. The van der Waals surface area contributed by atoms with Crippen LogP contribution in [0.2, 0.25) is 0 Å². The van der Waals surface area contributed by atoms with Crippen LogP contribution < -0.4 is 4.74 Å². The van der Waals surface area contributed by atoms with Gasteiger partial charge >= 0.3 is 7.60 Å². The van der Waals surface area contributed by atoms with Crippen molar-refractivity contribution in [2.24, 2.45) is 4.99 Å². The number of hydrogen-bond acceptors (Lipinski definition) is 5. The summed E-state index contributed by atoms with van der Waals surface area (Å²) in [7, 11) is -3.40. The van der Waals surface area contributed by atoms with Crippen LogP contribution in [-0.2, 0) is 13.6 Å². The number of aliphatic imine (C=N–C) groups is 1. The van der Waals surface area contributed by atoms with Crippen LogP contribution in [0.1, 0.15) is 26.3 Å². The maximum absolute atomic E-state index is 12.8. The molecular formula is C17H24NO4P. The zero-order chi connectivity index (χ0) is 17.1. The Bertz CT molecular complexity index is 600. The van der Waals surface area contributed by atoms with Gasteiger partial charge in [0.25, 0.3) is 0 Å². The molecule has 0 aliphatic heterocycles. The van der Waals surface area contributed by atoms with Crippen LogP contribution in [0, 0.1) is 0 Å². The Morgan fingerprint density at radius 1 is 1.26 bits per heavy atom. The van der Waals surface area contributed by atoms with Gasteiger partial charge in [0.15, 0.2) is 0 Å². The van der Waals surface area contributed by atoms with Gasteiger partial charge in [-0.2, -0.15) is 0 Å². The average Bonchev–Trinajstić information content (AvgIpc) is 2.54. The molecule has 0 radical (unpaired) electrons. The van der Waals surface area contributed by atoms with Crippen molar-refractivity contribution in [1.82, 2.24) is 0 Å². The van der Waals surface area contributed by atoms with E-state index in [4.69, 9.17) is 13.8 Å². The van der Waals surface area contributed by atoms with Gasteiger partial charge in [0.1, 0.15) is 17.8 Å². The fraction of sp³-hybridized carbons (Fsp3) is 0.353. The Morgan fingerprint density at radius 3 is 2.48 bits per heavy atom. The van der Waals surface area contributed by atoms with Crippen LogP contribution in [0.25, 0.3) is 0 Å². The Balaban J connectivity index is 3.05. The molecule has 0 heterocycles. The molecule has 0 aliphatic rings. The second-order valence-electron chi connectivity index (χ2n) is 4.38. The highest BCUT2D eigenvalue weighted by Crippen LogP contribution is 2.56. The number of rotatable bonds is 10. The molecule has 0 unspecified atom stereocenters. The quantitative estimate of drug-likeness (QED) is 0.350. The number of benzene rings is 1. The van der Waals surface area contributed by atoms with Crippen molar-refractivity contribution >= 4 is 13.8 Å². The third kappa shape index (κ3) is 5.79. The summed E-state index contributed by atoms with van der Waals surface area (Å²) >= 11 is 0. The van der Waals surface area contributed by atoms with Crippen LogP contribution in [-0.4, -0.2) is 26.0 Å². The highest BCUT2D eigenvalue weighted by molar-refractivity contribution is 7.58. The number of allylic oxidation sites excluding steroid dienone is 1. The lowest BCUT2D eigenvalue weighted by Gasteiger charge is -2.17. The van der Waals surface area contributed by atoms with Gasteiger partial charge in [0.05, 0.1) is 13.2 Å². The predicted octanol–water partition coefficient (Wildman–Crippen LogP) is 4.80. The van der Waals surface area contributed by atoms with Crippen molar-refractivity contribution in [3.8, 4) is 5.75 Å². The fourth-order valence-electron chi connectivity index (χ4n) is 1.82. The van der Waals surface area contributed by atoms with Crippen LogP contribution >= 0.6 is 7.60 Å². The molecule has 6 heteroatoms. The van der Waals surface area contributed by atoms with Gasteiger partial charge in [0.2, 0.25) is 0 Å². The van der Waals surface area contributed by atoms with E-state index in [9.17, 15) is 4.57 Å². The zero-order valence-corrected chi connectivity index (χ0v) is 14.8. The van der Waals surface area contributed by atoms with E-state index in [1.807, 2.05) is 24.3 Å². The summed E-state index contributed by atoms with van der Waals surface area (Å²) in [6.45, 7) is 9.87. The average molecular weight is 337 g/mol. The molecule has 0 aliphatic carbocycles. The Kier molecular flexibility index (Phi) is 8.56. The summed E-state index contributed by atoms with van der Waals surface area (Å²) in [4.78, 5) is 4.31. The molecule has 0 aromatic heterocycles. The molecule has 0 bridgehead atoms. The maximum Gasteiger partial charge on any atom is 0.379 e. The molecule has 1 aromatic carbocycles. The van der Waals surface area contributed by atoms with Crippen LogP contribution in [0.3, 0.4) is 0 Å². The predicted molar refractivity (Wildman–Crippen MR) is 94.3 cm³/mol. The van der Waals surface area contributed by atoms with E-state index in [2.05, 4.69) is 11.6 Å². The highest BCUT2D eigenvalue weighted by Gasteiger charge is 2.28. The molecule has 0 saturated heterocycles. The van der Waals surface area contributed by atoms with E-state index in [0.29, 0.717) is 12.4 Å². The largest absolute Gasteiger partial charge is 0.489 e. The second-order valence-corrected chi connectivity index (χ2v) is 6.35. The summed E-state index contributed by atoms with van der Waals surface area (Å²) in [6.07, 6.45) is 4.90. The summed E-state index contributed by atoms with van der Waals surface area (Å²) in [5.74, 6) is 0.675. The molecule has 1 aromatic rings. The Morgan fingerprint density at radius 2 is 1.91 bits per heavy atom. The molecule has 23 heavy (non-hydrogen) atoms. The summed E-state index contributed by atoms with van der Waals surface area (Å²) in [5.41, 5.74) is 1.05. The van der Waals surface area contributed by atoms with Gasteiger partial charge < -0.3 is 13.8 Å². The molecule has 0 N–H and O–H groups in total. The lowest BCUT2D eigenvalue weighted by Crippen LogP contribution is -1.99. The van der Waals surface area contributed by atoms with Gasteiger partial charge in [-0.05, 0) is 32.9 Å². The van der Waals surface area contributed by atoms with E-state index in [1.165, 1.54) is 0 Å². The van der Waals surface area contributed by atoms with E-state index >= 15 is 0 Å². The first-order chi connectivity index (χ1) is 11.1. The van der Waals surface area contributed by atoms with E-state index in [-0.39, 0.29) is 18.7 Å². The minimum atomic E-state index is -3.40. The number of ether oxygens (including phenoxy) is 1. The van der Waals surface area contributed by atoms with Gasteiger partial charge in [-0.15, -0.1) is 0 Å². The normalized spacial score (nSPS) is 12.6. The Hall–Kier alpha value is -1.68. The Labute approximate surface area is 138 Å². The van der Waals surface area contributed by atoms with Crippen molar-refractivity contribution in [3.63, 3.8) is 0 Å². The van der Waals surface area contributed by atoms with Crippen molar-refractivity contribution in [1.29, 1.82) is 0 Å². The zero-order valence-electron chi connectivity index (χ0n) is 13.9. The molecule has 1 rings (SSSR count). The van der Waals surface area contributed by atoms with Gasteiger partial charge in [-0.1, -0.05) is 30.9 Å². The first kappa shape index (κ1) is 19.4. The van der Waals surface area contributed by atoms with Gasteiger partial charge in [-0.3, -0.25) is 4.57 Å². The van der Waals surface area contributed by atoms with Crippen LogP contribution in [0.4, 0.5) is 0 Å². The molecule has 0 amide bonds. The summed E-state index contributed by atoms with van der Waals surface area (Å²) in [6, 6.07) is 7.45. The SMILES string of the molecule is C=CCOc1ccccc1/C=N/C(=C\C)P(=O)(OCC)OCC. The molecule has 0 fully saturated rings. The van der Waals surface area contributed by atoms with Crippen molar-refractivity contribution < 1.29 is 18.3 Å². The minimum absolute atomic E-state index is 0.278. The highest BCUT2D eigenvalue weighted by atomic mass is 31.2. The fourth-order valence-corrected chi connectivity index (χ4v) is 3.35. The van der Waals surface area contributed by atoms with Crippen molar-refractivity contribution in [2.45, 2.75) is 20.8 Å². The van der Waals surface area contributed by atoms with Crippen molar-refractivity contribution in [3.05, 3.63) is 54.0 Å². The topological polar surface area (TPSA) is 57.1 Å². The van der Waals surface area contributed by atoms with Crippen LogP contribution in [0.5, 0.6) is 5.75 Å². The van der Waals surface area contributed by atoms with Gasteiger partial charge in [-0.25, -0.2) is 4.99 Å². The summed E-state index contributed by atoms with van der Waals surface area (Å²) < 4.78 is 29.0. The van der Waals surface area contributed by atoms with Crippen LogP contribution in [0.15, 0.2) is 53.4 Å². The summed E-state index contributed by atoms with van der Waals surface area (Å²) in [5, 5.41) is 0. The molecule has 5 nitrogen and oxygen atoms in total. The smallest absolute Gasteiger partial charge is 0.379 e. The third-order valence-corrected chi connectivity index (χ3v) is 4.88. The lowest BCUT2D eigenvalue weighted by atomic mass is 10.2. The monoisotopic (exact) mass is 337 g/mol. The first-order valence-corrected chi connectivity index (χ1v) is 9.08. The molecule has 0 atom stereocenters. The molecular weight excluding hydrogens is 313 g/mol. The maximum atomic E-state index is 12.8. The van der Waals surface area contributed by atoms with Crippen molar-refractivity contribution in [2.75, 3.05) is 19.8 Å². The lowest BCUT2D eigenvalue weighted by molar-refractivity contribution is 0.226. The van der Waals surface area contributed by atoms with Gasteiger partial charge in [0, 0.05) is 11.8 Å². The van der Waals surface area contributed by atoms with E-state index in [1.54, 1.807) is 39.1 Å².